The van der Waals surface area contributed by atoms with Crippen molar-refractivity contribution in [2.45, 2.75) is 26.5 Å². The maximum absolute atomic E-state index is 13.0. The fourth-order valence-corrected chi connectivity index (χ4v) is 3.81. The number of fused-ring (bicyclic) bond motifs is 2. The van der Waals surface area contributed by atoms with Crippen LogP contribution in [0.5, 0.6) is 11.5 Å². The average molecular weight is 403 g/mol. The number of aliphatic hydroxyl groups excluding tert-OH is 1. The molecule has 0 saturated carbocycles. The zero-order valence-electron chi connectivity index (χ0n) is 16.7. The van der Waals surface area contributed by atoms with Crippen molar-refractivity contribution in [1.29, 1.82) is 0 Å². The normalized spacial score (nSPS) is 13.7. The van der Waals surface area contributed by atoms with Gasteiger partial charge in [0.15, 0.2) is 11.5 Å². The van der Waals surface area contributed by atoms with Gasteiger partial charge in [0.2, 0.25) is 6.79 Å². The third-order valence-electron chi connectivity index (χ3n) is 5.41. The van der Waals surface area contributed by atoms with Gasteiger partial charge in [-0.05, 0) is 43.2 Å². The molecule has 1 N–H and O–H groups in total. The molecule has 1 atom stereocenters. The number of aliphatic hydroxyl groups is 1. The molecule has 0 bridgehead atoms. The van der Waals surface area contributed by atoms with Gasteiger partial charge >= 0.3 is 0 Å². The van der Waals surface area contributed by atoms with Crippen LogP contribution in [-0.2, 0) is 6.54 Å². The molecule has 0 fully saturated rings. The maximum atomic E-state index is 13.0. The number of nitrogens with zero attached hydrogens (tertiary/aromatic N) is 3. The fourth-order valence-electron chi connectivity index (χ4n) is 3.81. The van der Waals surface area contributed by atoms with Gasteiger partial charge in [0.1, 0.15) is 5.52 Å². The molecular weight excluding hydrogens is 382 g/mol. The Morgan fingerprint density at radius 3 is 2.73 bits per heavy atom. The van der Waals surface area contributed by atoms with E-state index >= 15 is 0 Å². The summed E-state index contributed by atoms with van der Waals surface area (Å²) in [6.07, 6.45) is 2.52. The van der Waals surface area contributed by atoms with Crippen LogP contribution in [0.15, 0.2) is 59.7 Å². The first-order valence-electron chi connectivity index (χ1n) is 9.74. The highest BCUT2D eigenvalue weighted by atomic mass is 16.7. The molecule has 0 saturated heterocycles. The van der Waals surface area contributed by atoms with Crippen molar-refractivity contribution in [3.05, 3.63) is 81.9 Å². The quantitative estimate of drug-likeness (QED) is 0.566. The summed E-state index contributed by atoms with van der Waals surface area (Å²) in [5.74, 6) is 1.26. The molecule has 0 spiro atoms. The van der Waals surface area contributed by atoms with Crippen LogP contribution in [0.3, 0.4) is 0 Å². The molecule has 3 heterocycles. The Hall–Kier alpha value is -3.58. The first-order valence-corrected chi connectivity index (χ1v) is 9.74. The summed E-state index contributed by atoms with van der Waals surface area (Å²) in [5.41, 5.74) is 4.95. The summed E-state index contributed by atoms with van der Waals surface area (Å²) in [7, 11) is 0. The summed E-state index contributed by atoms with van der Waals surface area (Å²) in [6, 6.07) is 13.2. The van der Waals surface area contributed by atoms with Gasteiger partial charge in [-0.25, -0.2) is 4.52 Å². The van der Waals surface area contributed by atoms with Crippen LogP contribution in [0.25, 0.3) is 16.8 Å². The molecule has 7 heteroatoms. The van der Waals surface area contributed by atoms with E-state index in [0.29, 0.717) is 22.6 Å². The largest absolute Gasteiger partial charge is 0.454 e. The number of rotatable bonds is 4. The van der Waals surface area contributed by atoms with E-state index < -0.39 is 6.10 Å². The number of benzene rings is 2. The van der Waals surface area contributed by atoms with Gasteiger partial charge < -0.3 is 19.1 Å². The van der Waals surface area contributed by atoms with Crippen LogP contribution in [0.2, 0.25) is 0 Å². The van der Waals surface area contributed by atoms with Crippen LogP contribution < -0.4 is 15.0 Å². The van der Waals surface area contributed by atoms with Crippen molar-refractivity contribution < 1.29 is 14.6 Å². The minimum absolute atomic E-state index is 0.124. The molecule has 4 aromatic rings. The van der Waals surface area contributed by atoms with E-state index in [1.165, 1.54) is 10.1 Å². The number of hydrogen-bond donors (Lipinski definition) is 1. The predicted octanol–water partition coefficient (Wildman–Crippen LogP) is 3.24. The molecule has 1 aliphatic rings. The van der Waals surface area contributed by atoms with Gasteiger partial charge in [-0.3, -0.25) is 4.79 Å². The highest BCUT2D eigenvalue weighted by Gasteiger charge is 2.18. The second-order valence-electron chi connectivity index (χ2n) is 7.56. The van der Waals surface area contributed by atoms with Gasteiger partial charge in [-0.1, -0.05) is 29.8 Å². The molecule has 152 valence electrons. The van der Waals surface area contributed by atoms with E-state index in [0.717, 1.165) is 16.8 Å². The molecule has 5 rings (SSSR count). The van der Waals surface area contributed by atoms with Crippen LogP contribution in [0.4, 0.5) is 0 Å². The predicted molar refractivity (Wildman–Crippen MR) is 112 cm³/mol. The van der Waals surface area contributed by atoms with Crippen molar-refractivity contribution in [3.8, 4) is 22.8 Å². The van der Waals surface area contributed by atoms with Crippen LogP contribution in [-0.4, -0.2) is 26.1 Å². The smallest absolute Gasteiger partial charge is 0.276 e. The summed E-state index contributed by atoms with van der Waals surface area (Å²) < 4.78 is 13.8. The second kappa shape index (κ2) is 7.03. The maximum Gasteiger partial charge on any atom is 0.276 e. The lowest BCUT2D eigenvalue weighted by atomic mass is 10.0. The van der Waals surface area contributed by atoms with Gasteiger partial charge in [0.05, 0.1) is 18.3 Å². The molecule has 0 amide bonds. The van der Waals surface area contributed by atoms with Crippen molar-refractivity contribution in [1.82, 2.24) is 14.2 Å². The Balaban J connectivity index is 1.47. The van der Waals surface area contributed by atoms with Crippen molar-refractivity contribution in [2.24, 2.45) is 0 Å². The van der Waals surface area contributed by atoms with Crippen molar-refractivity contribution in [2.75, 3.05) is 6.79 Å². The minimum Gasteiger partial charge on any atom is -0.454 e. The first kappa shape index (κ1) is 18.4. The Morgan fingerprint density at radius 1 is 1.07 bits per heavy atom. The number of aryl methyl sites for hydroxylation is 2. The summed E-state index contributed by atoms with van der Waals surface area (Å²) >= 11 is 0. The van der Waals surface area contributed by atoms with Crippen LogP contribution in [0.1, 0.15) is 22.8 Å². The third kappa shape index (κ3) is 3.13. The topological polar surface area (TPSA) is 78.0 Å². The SMILES string of the molecule is Cc1ccc(-c2cc3c(=O)n(CC(O)c4ccc5c(c4)OCO5)ccn3n2)c(C)c1. The lowest BCUT2D eigenvalue weighted by molar-refractivity contribution is 0.154. The minimum atomic E-state index is -0.860. The molecule has 2 aromatic carbocycles. The summed E-state index contributed by atoms with van der Waals surface area (Å²) in [6.45, 7) is 4.38. The molecule has 1 aliphatic heterocycles. The molecular formula is C23H21N3O4. The third-order valence-corrected chi connectivity index (χ3v) is 5.41. The van der Waals surface area contributed by atoms with E-state index in [1.807, 2.05) is 26.0 Å². The number of aromatic nitrogens is 3. The van der Waals surface area contributed by atoms with Crippen LogP contribution in [0, 0.1) is 13.8 Å². The van der Waals surface area contributed by atoms with E-state index in [9.17, 15) is 9.90 Å². The molecule has 0 radical (unpaired) electrons. The fraction of sp³-hybridized carbons (Fsp3) is 0.217. The second-order valence-corrected chi connectivity index (χ2v) is 7.56. The zero-order valence-corrected chi connectivity index (χ0v) is 16.7. The highest BCUT2D eigenvalue weighted by molar-refractivity contribution is 5.68. The van der Waals surface area contributed by atoms with Crippen molar-refractivity contribution >= 4 is 5.52 Å². The van der Waals surface area contributed by atoms with E-state index in [2.05, 4.69) is 11.2 Å². The zero-order chi connectivity index (χ0) is 20.8. The Bertz CT molecular complexity index is 1320. The molecule has 1 unspecified atom stereocenters. The van der Waals surface area contributed by atoms with E-state index in [1.54, 1.807) is 41.2 Å². The van der Waals surface area contributed by atoms with Gasteiger partial charge in [-0.15, -0.1) is 0 Å². The van der Waals surface area contributed by atoms with E-state index in [4.69, 9.17) is 9.47 Å². The first-order chi connectivity index (χ1) is 14.5. The standard InChI is InChI=1S/C23H21N3O4/c1-14-3-5-17(15(2)9-14)18-11-19-23(28)25(7-8-26(19)24-18)12-20(27)16-4-6-21-22(10-16)30-13-29-21/h3-11,20,27H,12-13H2,1-2H3. The Morgan fingerprint density at radius 2 is 1.90 bits per heavy atom. The lowest BCUT2D eigenvalue weighted by Crippen LogP contribution is -2.24. The highest BCUT2D eigenvalue weighted by Crippen LogP contribution is 2.34. The van der Waals surface area contributed by atoms with Crippen molar-refractivity contribution in [3.63, 3.8) is 0 Å². The number of hydrogen-bond acceptors (Lipinski definition) is 5. The average Bonchev–Trinajstić information content (AvgIpc) is 3.36. The summed E-state index contributed by atoms with van der Waals surface area (Å²) in [4.78, 5) is 13.0. The van der Waals surface area contributed by atoms with Gasteiger partial charge in [-0.2, -0.15) is 5.10 Å². The van der Waals surface area contributed by atoms with Gasteiger partial charge in [0, 0.05) is 18.0 Å². The number of ether oxygens (including phenoxy) is 2. The molecule has 7 nitrogen and oxygen atoms in total. The van der Waals surface area contributed by atoms with Gasteiger partial charge in [0.25, 0.3) is 5.56 Å². The summed E-state index contributed by atoms with van der Waals surface area (Å²) in [5, 5.41) is 15.2. The monoisotopic (exact) mass is 403 g/mol. The lowest BCUT2D eigenvalue weighted by Gasteiger charge is -2.13. The van der Waals surface area contributed by atoms with E-state index in [-0.39, 0.29) is 18.9 Å². The van der Waals surface area contributed by atoms with Crippen LogP contribution >= 0.6 is 0 Å². The Kier molecular flexibility index (Phi) is 4.33. The molecule has 30 heavy (non-hydrogen) atoms. The molecule has 2 aromatic heterocycles. The Labute approximate surface area is 172 Å². The molecule has 0 aliphatic carbocycles.